The van der Waals surface area contributed by atoms with Crippen molar-refractivity contribution in [1.82, 2.24) is 14.5 Å². The quantitative estimate of drug-likeness (QED) is 0.188. The van der Waals surface area contributed by atoms with Gasteiger partial charge in [-0.1, -0.05) is 121 Å². The van der Waals surface area contributed by atoms with Crippen LogP contribution in [-0.2, 0) is 6.54 Å². The van der Waals surface area contributed by atoms with Crippen LogP contribution in [0.25, 0.3) is 60.4 Å². The maximum atomic E-state index is 5.14. The molecule has 1 aliphatic heterocycles. The van der Waals surface area contributed by atoms with E-state index < -0.39 is 0 Å². The van der Waals surface area contributed by atoms with Crippen LogP contribution in [-0.4, -0.2) is 20.8 Å². The fourth-order valence-corrected chi connectivity index (χ4v) is 7.92. The van der Waals surface area contributed by atoms with Crippen molar-refractivity contribution < 1.29 is 0 Å². The summed E-state index contributed by atoms with van der Waals surface area (Å²) in [6.07, 6.45) is -0.253. The minimum Gasteiger partial charge on any atom is -0.344 e. The lowest BCUT2D eigenvalue weighted by molar-refractivity contribution is 0.674. The van der Waals surface area contributed by atoms with Gasteiger partial charge in [-0.15, -0.1) is 0 Å². The van der Waals surface area contributed by atoms with E-state index in [0.717, 1.165) is 45.8 Å². The van der Waals surface area contributed by atoms with Crippen molar-refractivity contribution in [2.24, 2.45) is 9.98 Å². The molecular formula is C47H35N5. The molecule has 0 fully saturated rings. The van der Waals surface area contributed by atoms with Crippen LogP contribution in [0, 0.1) is 0 Å². The second-order valence-corrected chi connectivity index (χ2v) is 13.4. The SMILES string of the molecule is CCn1c2ccccc2c2cc(-c3ccc4c(c3)c3ccccc3n4-c3cccc(C4=NC(c5ccccc5)NC(c5ccccc5)=N4)c3)ccc21. The first-order valence-electron chi connectivity index (χ1n) is 17.9. The number of rotatable bonds is 6. The molecule has 0 saturated heterocycles. The highest BCUT2D eigenvalue weighted by molar-refractivity contribution is 6.14. The van der Waals surface area contributed by atoms with Gasteiger partial charge in [0.1, 0.15) is 12.0 Å². The largest absolute Gasteiger partial charge is 0.344 e. The number of amidine groups is 2. The predicted molar refractivity (Wildman–Crippen MR) is 217 cm³/mol. The second-order valence-electron chi connectivity index (χ2n) is 13.4. The highest BCUT2D eigenvalue weighted by Gasteiger charge is 2.22. The molecule has 1 aliphatic rings. The molecule has 0 bridgehead atoms. The summed E-state index contributed by atoms with van der Waals surface area (Å²) < 4.78 is 4.78. The molecular weight excluding hydrogens is 635 g/mol. The lowest BCUT2D eigenvalue weighted by Crippen LogP contribution is -2.33. The molecule has 10 rings (SSSR count). The van der Waals surface area contributed by atoms with Crippen LogP contribution >= 0.6 is 0 Å². The summed E-state index contributed by atoms with van der Waals surface area (Å²) >= 11 is 0. The number of nitrogens with zero attached hydrogens (tertiary/aromatic N) is 4. The van der Waals surface area contributed by atoms with Crippen LogP contribution in [0.1, 0.15) is 29.8 Å². The molecule has 0 amide bonds. The fourth-order valence-electron chi connectivity index (χ4n) is 7.92. The third kappa shape index (κ3) is 4.93. The Kier molecular flexibility index (Phi) is 7.10. The van der Waals surface area contributed by atoms with Crippen molar-refractivity contribution in [3.63, 3.8) is 0 Å². The van der Waals surface area contributed by atoms with Gasteiger partial charge in [0.05, 0.1) is 11.0 Å². The van der Waals surface area contributed by atoms with Gasteiger partial charge >= 0.3 is 0 Å². The molecule has 5 heteroatoms. The van der Waals surface area contributed by atoms with Gasteiger partial charge in [0.2, 0.25) is 0 Å². The fraction of sp³-hybridized carbons (Fsp3) is 0.0638. The monoisotopic (exact) mass is 669 g/mol. The third-order valence-electron chi connectivity index (χ3n) is 10.4. The molecule has 1 N–H and O–H groups in total. The molecule has 0 saturated carbocycles. The van der Waals surface area contributed by atoms with E-state index in [1.807, 2.05) is 24.3 Å². The van der Waals surface area contributed by atoms with Gasteiger partial charge in [0, 0.05) is 55.9 Å². The number of aliphatic imine (C=N–C) groups is 2. The Labute approximate surface area is 301 Å². The van der Waals surface area contributed by atoms with E-state index in [1.54, 1.807) is 0 Å². The second kappa shape index (κ2) is 12.3. The first-order chi connectivity index (χ1) is 25.7. The van der Waals surface area contributed by atoms with E-state index in [1.165, 1.54) is 43.7 Å². The number of aryl methyl sites for hydroxylation is 1. The van der Waals surface area contributed by atoms with E-state index in [9.17, 15) is 0 Å². The molecule has 1 unspecified atom stereocenters. The smallest absolute Gasteiger partial charge is 0.159 e. The predicted octanol–water partition coefficient (Wildman–Crippen LogP) is 11.1. The van der Waals surface area contributed by atoms with Gasteiger partial charge in [0.25, 0.3) is 0 Å². The zero-order chi connectivity index (χ0) is 34.6. The highest BCUT2D eigenvalue weighted by atomic mass is 15.2. The van der Waals surface area contributed by atoms with Crippen molar-refractivity contribution in [2.75, 3.05) is 0 Å². The Morgan fingerprint density at radius 2 is 1.08 bits per heavy atom. The Bertz CT molecular complexity index is 2860. The van der Waals surface area contributed by atoms with Crippen LogP contribution in [0.5, 0.6) is 0 Å². The third-order valence-corrected chi connectivity index (χ3v) is 10.4. The van der Waals surface area contributed by atoms with Crippen LogP contribution < -0.4 is 5.32 Å². The van der Waals surface area contributed by atoms with E-state index in [4.69, 9.17) is 9.98 Å². The van der Waals surface area contributed by atoms with Crippen molar-refractivity contribution in [2.45, 2.75) is 19.6 Å². The van der Waals surface area contributed by atoms with Crippen molar-refractivity contribution in [3.05, 3.63) is 187 Å². The van der Waals surface area contributed by atoms with Crippen molar-refractivity contribution in [3.8, 4) is 16.8 Å². The molecule has 1 atom stereocenters. The van der Waals surface area contributed by atoms with Crippen LogP contribution in [0.3, 0.4) is 0 Å². The maximum Gasteiger partial charge on any atom is 0.159 e. The number of benzene rings is 7. The molecule has 0 spiro atoms. The molecule has 0 aliphatic carbocycles. The zero-order valence-corrected chi connectivity index (χ0v) is 28.7. The van der Waals surface area contributed by atoms with Crippen LogP contribution in [0.15, 0.2) is 180 Å². The average Bonchev–Trinajstić information content (AvgIpc) is 3.73. The summed E-state index contributed by atoms with van der Waals surface area (Å²) in [6, 6.07) is 60.5. The molecule has 5 nitrogen and oxygen atoms in total. The molecule has 2 aromatic heterocycles. The van der Waals surface area contributed by atoms with Gasteiger partial charge in [-0.2, -0.15) is 0 Å². The number of para-hydroxylation sites is 2. The van der Waals surface area contributed by atoms with Crippen LogP contribution in [0.2, 0.25) is 0 Å². The number of aromatic nitrogens is 2. The molecule has 3 heterocycles. The standard InChI is InChI=1S/C47H35N5/c1-2-51-41-22-11-9-20-37(41)39-29-33(24-26-42(39)51)34-25-27-44-40(30-34)38-21-10-12-23-43(38)52(44)36-19-13-18-35(28-36)47-49-45(31-14-5-3-6-15-31)48-46(50-47)32-16-7-4-8-17-32/h3-30,45H,2H2,1H3,(H,48,49,50). The normalized spacial score (nSPS) is 14.5. The summed E-state index contributed by atoms with van der Waals surface area (Å²) in [5, 5.41) is 8.61. The molecule has 52 heavy (non-hydrogen) atoms. The summed E-state index contributed by atoms with van der Waals surface area (Å²) in [4.78, 5) is 10.2. The van der Waals surface area contributed by atoms with Crippen LogP contribution in [0.4, 0.5) is 0 Å². The maximum absolute atomic E-state index is 5.14. The molecule has 9 aromatic rings. The average molecular weight is 670 g/mol. The van der Waals surface area contributed by atoms with E-state index in [0.29, 0.717) is 5.84 Å². The number of fused-ring (bicyclic) bond motifs is 6. The van der Waals surface area contributed by atoms with Gasteiger partial charge in [0.15, 0.2) is 5.84 Å². The van der Waals surface area contributed by atoms with Crippen molar-refractivity contribution in [1.29, 1.82) is 0 Å². The number of hydrogen-bond acceptors (Lipinski definition) is 3. The number of hydrogen-bond donors (Lipinski definition) is 1. The summed E-state index contributed by atoms with van der Waals surface area (Å²) in [5.41, 5.74) is 11.5. The first-order valence-corrected chi connectivity index (χ1v) is 17.9. The lowest BCUT2D eigenvalue weighted by atomic mass is 10.0. The minimum atomic E-state index is -0.253. The molecule has 248 valence electrons. The van der Waals surface area contributed by atoms with E-state index in [2.05, 4.69) is 167 Å². The summed E-state index contributed by atoms with van der Waals surface area (Å²) in [7, 11) is 0. The van der Waals surface area contributed by atoms with Crippen molar-refractivity contribution >= 4 is 55.3 Å². The van der Waals surface area contributed by atoms with E-state index >= 15 is 0 Å². The first kappa shape index (κ1) is 30.1. The topological polar surface area (TPSA) is 46.6 Å². The molecule has 7 aromatic carbocycles. The Morgan fingerprint density at radius 3 is 1.83 bits per heavy atom. The Morgan fingerprint density at radius 1 is 0.500 bits per heavy atom. The highest BCUT2D eigenvalue weighted by Crippen LogP contribution is 2.37. The lowest BCUT2D eigenvalue weighted by Gasteiger charge is -2.23. The van der Waals surface area contributed by atoms with Gasteiger partial charge in [-0.3, -0.25) is 0 Å². The molecule has 0 radical (unpaired) electrons. The zero-order valence-electron chi connectivity index (χ0n) is 28.7. The van der Waals surface area contributed by atoms with Gasteiger partial charge in [-0.05, 0) is 72.1 Å². The van der Waals surface area contributed by atoms with Gasteiger partial charge in [-0.25, -0.2) is 9.98 Å². The van der Waals surface area contributed by atoms with Gasteiger partial charge < -0.3 is 14.5 Å². The summed E-state index contributed by atoms with van der Waals surface area (Å²) in [6.45, 7) is 3.16. The Balaban J connectivity index is 1.10. The minimum absolute atomic E-state index is 0.253. The number of nitrogens with one attached hydrogen (secondary N) is 1. The Hall–Kier alpha value is -6.72. The van der Waals surface area contributed by atoms with E-state index in [-0.39, 0.29) is 6.17 Å². The summed E-state index contributed by atoms with van der Waals surface area (Å²) in [5.74, 6) is 1.52.